The number of primary amides is 1. The normalized spacial score (nSPS) is 8.00. The van der Waals surface area contributed by atoms with Gasteiger partial charge in [-0.05, 0) is 0 Å². The molecule has 0 atom stereocenters. The Balaban J connectivity index is 0.000001000. The van der Waals surface area contributed by atoms with E-state index in [1.54, 1.807) is 30.6 Å². The van der Waals surface area contributed by atoms with Crippen LogP contribution in [0.3, 0.4) is 0 Å². The van der Waals surface area contributed by atoms with Gasteiger partial charge in [0.05, 0.1) is 0 Å². The molecule has 1 aromatic heterocycles. The average molecular weight is 175 g/mol. The monoisotopic (exact) mass is 174 g/mol. The van der Waals surface area contributed by atoms with Gasteiger partial charge in [0.15, 0.2) is 0 Å². The minimum absolute atomic E-state index is 0. The quantitative estimate of drug-likeness (QED) is 0.449. The maximum absolute atomic E-state index is 10.1. The molecule has 0 radical (unpaired) electrons. The third-order valence-corrected chi connectivity index (χ3v) is 0.884. The number of carbonyl (C=O) groups is 1. The summed E-state index contributed by atoms with van der Waals surface area (Å²) in [6, 6.07) is 5.26. The molecule has 0 aliphatic heterocycles. The van der Waals surface area contributed by atoms with Gasteiger partial charge in [-0.1, -0.05) is 6.07 Å². The van der Waals surface area contributed by atoms with Crippen LogP contribution in [0.25, 0.3) is 0 Å². The predicted molar refractivity (Wildman–Crippen MR) is 32.8 cm³/mol. The second-order valence-electron chi connectivity index (χ2n) is 1.65. The van der Waals surface area contributed by atoms with E-state index in [4.69, 9.17) is 5.73 Å². The highest BCUT2D eigenvalue weighted by Gasteiger charge is 2.01. The van der Waals surface area contributed by atoms with Gasteiger partial charge in [0, 0.05) is 16.9 Å². The van der Waals surface area contributed by atoms with E-state index < -0.39 is 6.09 Å². The van der Waals surface area contributed by atoms with Crippen molar-refractivity contribution in [2.24, 2.45) is 5.73 Å². The summed E-state index contributed by atoms with van der Waals surface area (Å²) >= 11 is 0. The molecule has 0 fully saturated rings. The molecule has 0 aliphatic carbocycles. The zero-order chi connectivity index (χ0) is 7.40. The fourth-order valence-electron chi connectivity index (χ4n) is 0.548. The average Bonchev–Trinajstić information content (AvgIpc) is 1.88. The summed E-state index contributed by atoms with van der Waals surface area (Å²) in [4.78, 5) is 14.6. The predicted octanol–water partition coefficient (Wildman–Crippen LogP) is -3.51. The number of rotatable bonds is 1. The van der Waals surface area contributed by atoms with Gasteiger partial charge in [-0.25, -0.2) is 4.79 Å². The van der Waals surface area contributed by atoms with Gasteiger partial charge in [0.25, 0.3) is 0 Å². The lowest BCUT2D eigenvalue weighted by molar-refractivity contribution is -0.868. The molecule has 1 aromatic rings. The fourth-order valence-corrected chi connectivity index (χ4v) is 0.548. The molecule has 1 heterocycles. The van der Waals surface area contributed by atoms with Crippen molar-refractivity contribution >= 4 is 6.09 Å². The lowest BCUT2D eigenvalue weighted by Gasteiger charge is -1.87. The maximum Gasteiger partial charge on any atom is 0.473 e. The van der Waals surface area contributed by atoms with Crippen molar-refractivity contribution in [1.29, 1.82) is 0 Å². The first kappa shape index (κ1) is 9.71. The van der Waals surface area contributed by atoms with Gasteiger partial charge in [-0.2, -0.15) is 4.84 Å². The van der Waals surface area contributed by atoms with Crippen LogP contribution in [-0.4, -0.2) is 6.09 Å². The molecule has 0 bridgehead atoms. The van der Waals surface area contributed by atoms with Crippen molar-refractivity contribution in [3.05, 3.63) is 30.6 Å². The molecular formula is C6H7ClN2O2. The van der Waals surface area contributed by atoms with Crippen LogP contribution in [0.2, 0.25) is 0 Å². The van der Waals surface area contributed by atoms with E-state index in [0.717, 1.165) is 0 Å². The third-order valence-electron chi connectivity index (χ3n) is 0.884. The molecule has 0 spiro atoms. The zero-order valence-corrected chi connectivity index (χ0v) is 6.36. The largest absolute Gasteiger partial charge is 1.00 e. The minimum atomic E-state index is -0.823. The first-order valence-corrected chi connectivity index (χ1v) is 2.73. The van der Waals surface area contributed by atoms with Crippen LogP contribution in [0.15, 0.2) is 30.6 Å². The highest BCUT2D eigenvalue weighted by molar-refractivity contribution is 5.63. The lowest BCUT2D eigenvalue weighted by atomic mass is 10.5. The summed E-state index contributed by atoms with van der Waals surface area (Å²) in [5.41, 5.74) is 4.74. The molecule has 60 valence electrons. The Morgan fingerprint density at radius 1 is 1.27 bits per heavy atom. The van der Waals surface area contributed by atoms with Crippen LogP contribution in [0.4, 0.5) is 4.79 Å². The van der Waals surface area contributed by atoms with Crippen molar-refractivity contribution in [2.45, 2.75) is 0 Å². The second kappa shape index (κ2) is 4.51. The van der Waals surface area contributed by atoms with Crippen molar-refractivity contribution in [3.63, 3.8) is 0 Å². The number of nitrogens with zero attached hydrogens (tertiary/aromatic N) is 1. The highest BCUT2D eigenvalue weighted by Crippen LogP contribution is 1.73. The Bertz CT molecular complexity index is 227. The summed E-state index contributed by atoms with van der Waals surface area (Å²) in [6.45, 7) is 0. The van der Waals surface area contributed by atoms with Crippen LogP contribution in [-0.2, 0) is 0 Å². The first-order valence-electron chi connectivity index (χ1n) is 2.73. The zero-order valence-electron chi connectivity index (χ0n) is 5.61. The summed E-state index contributed by atoms with van der Waals surface area (Å²) < 4.78 is 1.22. The molecular weight excluding hydrogens is 168 g/mol. The summed E-state index contributed by atoms with van der Waals surface area (Å²) in [5.74, 6) is 0. The Kier molecular flexibility index (Phi) is 3.98. The van der Waals surface area contributed by atoms with Gasteiger partial charge >= 0.3 is 6.09 Å². The van der Waals surface area contributed by atoms with Gasteiger partial charge in [-0.15, -0.1) is 0 Å². The number of pyridine rings is 1. The van der Waals surface area contributed by atoms with E-state index in [2.05, 4.69) is 4.84 Å². The second-order valence-corrected chi connectivity index (χ2v) is 1.65. The summed E-state index contributed by atoms with van der Waals surface area (Å²) in [6.07, 6.45) is 2.33. The van der Waals surface area contributed by atoms with Gasteiger partial charge in [-0.3, -0.25) is 0 Å². The molecule has 1 rings (SSSR count). The van der Waals surface area contributed by atoms with E-state index in [0.29, 0.717) is 0 Å². The first-order chi connectivity index (χ1) is 4.79. The van der Waals surface area contributed by atoms with Crippen LogP contribution in [0.1, 0.15) is 0 Å². The number of carbonyl (C=O) groups excluding carboxylic acids is 1. The van der Waals surface area contributed by atoms with E-state index in [9.17, 15) is 4.79 Å². The van der Waals surface area contributed by atoms with Crippen LogP contribution < -0.4 is 27.7 Å². The third kappa shape index (κ3) is 3.42. The van der Waals surface area contributed by atoms with Crippen molar-refractivity contribution in [3.8, 4) is 0 Å². The van der Waals surface area contributed by atoms with E-state index in [1.165, 1.54) is 4.73 Å². The Morgan fingerprint density at radius 2 is 1.82 bits per heavy atom. The number of amides is 1. The molecule has 4 nitrogen and oxygen atoms in total. The van der Waals surface area contributed by atoms with Gasteiger partial charge in [0.2, 0.25) is 12.4 Å². The number of aromatic nitrogens is 1. The van der Waals surface area contributed by atoms with Gasteiger partial charge < -0.3 is 18.1 Å². The summed E-state index contributed by atoms with van der Waals surface area (Å²) in [5, 5.41) is 0. The molecule has 5 heteroatoms. The fraction of sp³-hybridized carbons (Fsp3) is 0. The van der Waals surface area contributed by atoms with Crippen molar-refractivity contribution < 1.29 is 26.8 Å². The number of hydrogen-bond donors (Lipinski definition) is 1. The number of halogens is 1. The Labute approximate surface area is 69.9 Å². The maximum atomic E-state index is 10.1. The number of nitrogens with two attached hydrogens (primary N) is 1. The molecule has 2 N–H and O–H groups in total. The topological polar surface area (TPSA) is 56.2 Å². The Morgan fingerprint density at radius 3 is 2.27 bits per heavy atom. The highest BCUT2D eigenvalue weighted by atomic mass is 35.5. The standard InChI is InChI=1S/C6H6N2O2.ClH/c7-6(9)10-8-4-2-1-3-5-8;/h1-5H,(H-,7,9);1H. The Hall–Kier alpha value is -1.29. The lowest BCUT2D eigenvalue weighted by Crippen LogP contribution is -3.00. The molecule has 0 unspecified atom stereocenters. The molecule has 0 aromatic carbocycles. The smallest absolute Gasteiger partial charge is 0.473 e. The molecule has 0 saturated heterocycles. The molecule has 0 saturated carbocycles. The van der Waals surface area contributed by atoms with Crippen molar-refractivity contribution in [1.82, 2.24) is 0 Å². The van der Waals surface area contributed by atoms with Crippen molar-refractivity contribution in [2.75, 3.05) is 0 Å². The summed E-state index contributed by atoms with van der Waals surface area (Å²) in [7, 11) is 0. The van der Waals surface area contributed by atoms with Crippen LogP contribution >= 0.6 is 0 Å². The molecule has 11 heavy (non-hydrogen) atoms. The van der Waals surface area contributed by atoms with E-state index in [1.807, 2.05) is 0 Å². The number of hydrogen-bond acceptors (Lipinski definition) is 2. The SMILES string of the molecule is NC(=O)O[n+]1ccccc1.[Cl-]. The van der Waals surface area contributed by atoms with Crippen LogP contribution in [0, 0.1) is 0 Å². The molecule has 0 aliphatic rings. The van der Waals surface area contributed by atoms with Gasteiger partial charge in [0.1, 0.15) is 0 Å². The van der Waals surface area contributed by atoms with E-state index >= 15 is 0 Å². The molecule has 1 amide bonds. The minimum Gasteiger partial charge on any atom is -1.00 e. The van der Waals surface area contributed by atoms with E-state index in [-0.39, 0.29) is 12.4 Å². The van der Waals surface area contributed by atoms with Crippen LogP contribution in [0.5, 0.6) is 0 Å².